The molecule has 2 aromatic rings. The van der Waals surface area contributed by atoms with E-state index < -0.39 is 27.9 Å². The van der Waals surface area contributed by atoms with Crippen LogP contribution in [0, 0.1) is 21.4 Å². The number of benzene rings is 1. The summed E-state index contributed by atoms with van der Waals surface area (Å²) < 4.78 is 6.47. The van der Waals surface area contributed by atoms with E-state index in [1.165, 1.54) is 16.8 Å². The van der Waals surface area contributed by atoms with Crippen LogP contribution >= 0.6 is 11.3 Å². The van der Waals surface area contributed by atoms with Crippen LogP contribution in [-0.2, 0) is 16.1 Å². The highest BCUT2D eigenvalue weighted by atomic mass is 32.1. The predicted octanol–water partition coefficient (Wildman–Crippen LogP) is 0.631. The third-order valence-electron chi connectivity index (χ3n) is 3.57. The highest BCUT2D eigenvalue weighted by Gasteiger charge is 2.16. The number of anilines is 1. The molecule has 1 aromatic heterocycles. The van der Waals surface area contributed by atoms with Crippen molar-refractivity contribution in [1.82, 2.24) is 4.57 Å². The van der Waals surface area contributed by atoms with Crippen LogP contribution in [0.3, 0.4) is 0 Å². The van der Waals surface area contributed by atoms with Gasteiger partial charge in [0.1, 0.15) is 15.3 Å². The standard InChI is InChI=1S/C17H16N4O6S/c1-3-20-15(23)14(28-16(20)11(8-18)17(24)27-4-2)9-19-10-5-6-13(22)12(7-10)21(25)26/h5-7,9,19,22H,3-4H2,1-2H3/b14-9+,16-11+. The van der Waals surface area contributed by atoms with Gasteiger partial charge in [0.05, 0.1) is 11.5 Å². The second kappa shape index (κ2) is 8.83. The van der Waals surface area contributed by atoms with Gasteiger partial charge in [-0.3, -0.25) is 19.5 Å². The van der Waals surface area contributed by atoms with Crippen molar-refractivity contribution in [3.8, 4) is 11.8 Å². The van der Waals surface area contributed by atoms with Crippen LogP contribution in [0.15, 0.2) is 23.0 Å². The Morgan fingerprint density at radius 2 is 2.21 bits per heavy atom. The van der Waals surface area contributed by atoms with E-state index >= 15 is 0 Å². The molecule has 0 amide bonds. The van der Waals surface area contributed by atoms with Crippen LogP contribution in [0.2, 0.25) is 0 Å². The third kappa shape index (κ3) is 4.18. The Morgan fingerprint density at radius 3 is 2.79 bits per heavy atom. The number of aromatic hydroxyl groups is 1. The summed E-state index contributed by atoms with van der Waals surface area (Å²) in [5.74, 6) is -1.30. The quantitative estimate of drug-likeness (QED) is 0.308. The van der Waals surface area contributed by atoms with E-state index in [2.05, 4.69) is 5.32 Å². The number of esters is 1. The number of hydrogen-bond donors (Lipinski definition) is 2. The molecule has 0 fully saturated rings. The van der Waals surface area contributed by atoms with Crippen molar-refractivity contribution < 1.29 is 19.6 Å². The van der Waals surface area contributed by atoms with Crippen LogP contribution in [0.1, 0.15) is 13.8 Å². The molecule has 146 valence electrons. The van der Waals surface area contributed by atoms with Crippen LogP contribution in [0.25, 0.3) is 11.8 Å². The summed E-state index contributed by atoms with van der Waals surface area (Å²) >= 11 is 0.919. The lowest BCUT2D eigenvalue weighted by Gasteiger charge is -2.01. The number of aromatic nitrogens is 1. The van der Waals surface area contributed by atoms with E-state index in [0.717, 1.165) is 23.5 Å². The molecule has 28 heavy (non-hydrogen) atoms. The normalized spacial score (nSPS) is 12.2. The van der Waals surface area contributed by atoms with Crippen LogP contribution in [0.5, 0.6) is 5.75 Å². The summed E-state index contributed by atoms with van der Waals surface area (Å²) in [5.41, 5.74) is -0.915. The topological polar surface area (TPSA) is 147 Å². The Hall–Kier alpha value is -3.65. The number of nitro groups is 1. The highest BCUT2D eigenvalue weighted by Crippen LogP contribution is 2.28. The highest BCUT2D eigenvalue weighted by molar-refractivity contribution is 7.07. The van der Waals surface area contributed by atoms with Gasteiger partial charge in [0.2, 0.25) is 0 Å². The molecule has 0 saturated heterocycles. The Balaban J connectivity index is 2.57. The van der Waals surface area contributed by atoms with Gasteiger partial charge in [0, 0.05) is 24.5 Å². The molecule has 1 aromatic carbocycles. The smallest absolute Gasteiger partial charge is 0.351 e. The Labute approximate surface area is 162 Å². The first-order valence-electron chi connectivity index (χ1n) is 8.09. The molecule has 0 atom stereocenters. The van der Waals surface area contributed by atoms with Crippen molar-refractivity contribution in [3.05, 3.63) is 47.9 Å². The molecule has 0 saturated carbocycles. The lowest BCUT2D eigenvalue weighted by molar-refractivity contribution is -0.385. The maximum absolute atomic E-state index is 12.6. The molecule has 11 heteroatoms. The second-order valence-electron chi connectivity index (χ2n) is 5.28. The van der Waals surface area contributed by atoms with Crippen molar-refractivity contribution in [1.29, 1.82) is 5.26 Å². The van der Waals surface area contributed by atoms with Crippen molar-refractivity contribution in [2.75, 3.05) is 11.9 Å². The SMILES string of the molecule is CCOC(=O)/C(C#N)=c1/s/c(=C/Nc2ccc(O)c([N+](=O)[O-])c2)c(=O)n1CC. The summed E-state index contributed by atoms with van der Waals surface area (Å²) in [6, 6.07) is 5.44. The van der Waals surface area contributed by atoms with E-state index in [1.807, 2.05) is 0 Å². The van der Waals surface area contributed by atoms with Gasteiger partial charge < -0.3 is 15.2 Å². The van der Waals surface area contributed by atoms with Gasteiger partial charge in [-0.2, -0.15) is 5.26 Å². The minimum absolute atomic E-state index is 0.0892. The summed E-state index contributed by atoms with van der Waals surface area (Å²) in [6.45, 7) is 3.62. The maximum atomic E-state index is 12.6. The number of carbonyl (C=O) groups excluding carboxylic acids is 1. The number of nitro benzene ring substituents is 1. The Morgan fingerprint density at radius 1 is 1.50 bits per heavy atom. The summed E-state index contributed by atoms with van der Waals surface area (Å²) in [6.07, 6.45) is 1.32. The van der Waals surface area contributed by atoms with Gasteiger partial charge in [0.25, 0.3) is 5.56 Å². The first-order valence-corrected chi connectivity index (χ1v) is 8.90. The van der Waals surface area contributed by atoms with E-state index in [-0.39, 0.29) is 33.6 Å². The zero-order valence-corrected chi connectivity index (χ0v) is 15.8. The molecule has 10 nitrogen and oxygen atoms in total. The molecule has 2 rings (SSSR count). The Bertz CT molecular complexity index is 1140. The van der Waals surface area contributed by atoms with Crippen molar-refractivity contribution >= 4 is 40.5 Å². The first-order chi connectivity index (χ1) is 13.3. The van der Waals surface area contributed by atoms with Crippen LogP contribution < -0.4 is 20.1 Å². The summed E-state index contributed by atoms with van der Waals surface area (Å²) in [4.78, 5) is 34.7. The fraction of sp³-hybridized carbons (Fsp3) is 0.235. The number of hydrogen-bond acceptors (Lipinski definition) is 9. The number of nitriles is 1. The minimum Gasteiger partial charge on any atom is -0.502 e. The van der Waals surface area contributed by atoms with Crippen molar-refractivity contribution in [2.45, 2.75) is 20.4 Å². The van der Waals surface area contributed by atoms with E-state index in [0.29, 0.717) is 0 Å². The maximum Gasteiger partial charge on any atom is 0.351 e. The predicted molar refractivity (Wildman–Crippen MR) is 102 cm³/mol. The fourth-order valence-electron chi connectivity index (χ4n) is 2.28. The Kier molecular flexibility index (Phi) is 6.51. The molecule has 0 unspecified atom stereocenters. The average Bonchev–Trinajstić information content (AvgIpc) is 2.97. The number of thiazole rings is 1. The summed E-state index contributed by atoms with van der Waals surface area (Å²) in [5, 5.41) is 32.4. The van der Waals surface area contributed by atoms with Gasteiger partial charge in [-0.25, -0.2) is 4.79 Å². The molecule has 0 radical (unpaired) electrons. The van der Waals surface area contributed by atoms with Gasteiger partial charge in [-0.05, 0) is 26.0 Å². The van der Waals surface area contributed by atoms with Crippen molar-refractivity contribution in [2.24, 2.45) is 0 Å². The number of rotatable bonds is 6. The van der Waals surface area contributed by atoms with E-state index in [4.69, 9.17) is 4.74 Å². The molecule has 1 heterocycles. The minimum atomic E-state index is -0.817. The molecule has 0 bridgehead atoms. The number of phenols is 1. The molecule has 0 aliphatic heterocycles. The van der Waals surface area contributed by atoms with E-state index in [1.54, 1.807) is 19.9 Å². The molecular formula is C17H16N4O6S. The number of carbonyl (C=O) groups is 1. The number of phenolic OH excluding ortho intramolecular Hbond substituents is 1. The number of nitrogens with zero attached hydrogens (tertiary/aromatic N) is 3. The average molecular weight is 404 g/mol. The van der Waals surface area contributed by atoms with E-state index in [9.17, 15) is 30.1 Å². The molecule has 2 N–H and O–H groups in total. The zero-order chi connectivity index (χ0) is 20.8. The zero-order valence-electron chi connectivity index (χ0n) is 15.0. The van der Waals surface area contributed by atoms with Crippen molar-refractivity contribution in [3.63, 3.8) is 0 Å². The third-order valence-corrected chi connectivity index (χ3v) is 4.70. The second-order valence-corrected chi connectivity index (χ2v) is 6.31. The largest absolute Gasteiger partial charge is 0.502 e. The number of ether oxygens (including phenoxy) is 1. The lowest BCUT2D eigenvalue weighted by atomic mass is 10.2. The molecule has 0 spiro atoms. The van der Waals surface area contributed by atoms with Gasteiger partial charge >= 0.3 is 11.7 Å². The van der Waals surface area contributed by atoms with Gasteiger partial charge in [-0.15, -0.1) is 11.3 Å². The van der Waals surface area contributed by atoms with Crippen LogP contribution in [0.4, 0.5) is 11.4 Å². The molecule has 0 aliphatic rings. The monoisotopic (exact) mass is 404 g/mol. The number of nitrogens with one attached hydrogen (secondary N) is 1. The summed E-state index contributed by atoms with van der Waals surface area (Å²) in [7, 11) is 0. The molecular weight excluding hydrogens is 388 g/mol. The van der Waals surface area contributed by atoms with Gasteiger partial charge in [0.15, 0.2) is 11.3 Å². The first kappa shape index (κ1) is 20.7. The molecule has 0 aliphatic carbocycles. The van der Waals surface area contributed by atoms with Gasteiger partial charge in [-0.1, -0.05) is 0 Å². The van der Waals surface area contributed by atoms with Crippen LogP contribution in [-0.4, -0.2) is 27.2 Å². The fourth-order valence-corrected chi connectivity index (χ4v) is 3.36. The lowest BCUT2D eigenvalue weighted by Crippen LogP contribution is -2.32.